The molecular weight excluding hydrogens is 497 g/mol. The van der Waals surface area contributed by atoms with Crippen molar-refractivity contribution in [3.8, 4) is 0 Å². The number of Topliss-reactive ketones (excluding diaryl/α,β-unsaturated/α-hetero) is 1. The molecule has 9 nitrogen and oxygen atoms in total. The maximum atomic E-state index is 13.5. The molecule has 1 saturated heterocycles. The average Bonchev–Trinajstić information content (AvgIpc) is 3.08. The van der Waals surface area contributed by atoms with Gasteiger partial charge in [-0.2, -0.15) is 5.01 Å². The summed E-state index contributed by atoms with van der Waals surface area (Å²) in [4.78, 5) is 63.6. The second-order valence-corrected chi connectivity index (χ2v) is 9.20. The third-order valence-corrected chi connectivity index (χ3v) is 6.73. The van der Waals surface area contributed by atoms with E-state index < -0.39 is 46.8 Å². The van der Waals surface area contributed by atoms with E-state index in [4.69, 9.17) is 23.2 Å². The molecule has 0 bridgehead atoms. The highest BCUT2D eigenvalue weighted by Crippen LogP contribution is 2.39. The molecule has 11 heteroatoms. The maximum Gasteiger partial charge on any atom is 0.274 e. The van der Waals surface area contributed by atoms with Gasteiger partial charge in [-0.1, -0.05) is 42.3 Å². The molecule has 4 rings (SSSR count). The molecule has 0 saturated carbocycles. The molecule has 0 radical (unpaired) electrons. The van der Waals surface area contributed by atoms with Crippen molar-refractivity contribution in [1.82, 2.24) is 10.0 Å². The fourth-order valence-corrected chi connectivity index (χ4v) is 4.89. The van der Waals surface area contributed by atoms with E-state index in [0.717, 1.165) is 22.2 Å². The molecule has 0 N–H and O–H groups in total. The number of benzene rings is 2. The summed E-state index contributed by atoms with van der Waals surface area (Å²) in [5, 5.41) is 12.7. The van der Waals surface area contributed by atoms with Gasteiger partial charge in [-0.3, -0.25) is 29.3 Å². The third-order valence-electron chi connectivity index (χ3n) is 6.18. The van der Waals surface area contributed by atoms with Crippen molar-refractivity contribution in [3.05, 3.63) is 85.9 Å². The second kappa shape index (κ2) is 9.59. The minimum atomic E-state index is -0.831. The Morgan fingerprint density at radius 2 is 1.80 bits per heavy atom. The molecule has 2 aliphatic rings. The number of amides is 3. The van der Waals surface area contributed by atoms with Crippen LogP contribution in [0.4, 0.5) is 5.69 Å². The van der Waals surface area contributed by atoms with Crippen LogP contribution in [-0.2, 0) is 9.59 Å². The molecule has 0 spiro atoms. The van der Waals surface area contributed by atoms with E-state index in [0.29, 0.717) is 6.42 Å². The van der Waals surface area contributed by atoms with E-state index in [-0.39, 0.29) is 32.8 Å². The summed E-state index contributed by atoms with van der Waals surface area (Å²) in [7, 11) is 0. The van der Waals surface area contributed by atoms with Gasteiger partial charge in [0.25, 0.3) is 23.4 Å². The number of non-ortho nitro benzene ring substituents is 1. The second-order valence-electron chi connectivity index (χ2n) is 8.36. The summed E-state index contributed by atoms with van der Waals surface area (Å²) >= 11 is 12.2. The Hall–Kier alpha value is -3.56. The molecule has 35 heavy (non-hydrogen) atoms. The van der Waals surface area contributed by atoms with Gasteiger partial charge < -0.3 is 0 Å². The van der Waals surface area contributed by atoms with Gasteiger partial charge in [0.15, 0.2) is 5.78 Å². The van der Waals surface area contributed by atoms with Gasteiger partial charge in [0.1, 0.15) is 6.54 Å². The van der Waals surface area contributed by atoms with Crippen LogP contribution < -0.4 is 0 Å². The normalized spacial score (nSPS) is 21.1. The van der Waals surface area contributed by atoms with Gasteiger partial charge in [0, 0.05) is 22.7 Å². The highest BCUT2D eigenvalue weighted by atomic mass is 35.5. The Kier molecular flexibility index (Phi) is 6.73. The molecular formula is C24H19Cl2N3O6. The predicted octanol–water partition coefficient (Wildman–Crippen LogP) is 4.34. The van der Waals surface area contributed by atoms with Gasteiger partial charge >= 0.3 is 0 Å². The van der Waals surface area contributed by atoms with Gasteiger partial charge in [0.2, 0.25) is 0 Å². The Morgan fingerprint density at radius 3 is 2.40 bits per heavy atom. The van der Waals surface area contributed by atoms with Crippen LogP contribution in [0.5, 0.6) is 0 Å². The van der Waals surface area contributed by atoms with Gasteiger partial charge in [-0.05, 0) is 42.7 Å². The zero-order valence-electron chi connectivity index (χ0n) is 18.4. The van der Waals surface area contributed by atoms with Crippen molar-refractivity contribution in [2.45, 2.75) is 13.3 Å². The maximum absolute atomic E-state index is 13.5. The topological polar surface area (TPSA) is 118 Å². The molecule has 2 aromatic carbocycles. The smallest absolute Gasteiger partial charge is 0.274 e. The van der Waals surface area contributed by atoms with Crippen LogP contribution in [0, 0.1) is 27.9 Å². The number of nitro benzene ring substituents is 1. The summed E-state index contributed by atoms with van der Waals surface area (Å²) in [5.74, 6) is -4.14. The van der Waals surface area contributed by atoms with Crippen LogP contribution in [0.25, 0.3) is 0 Å². The Bertz CT molecular complexity index is 1280. The number of nitrogens with zero attached hydrogens (tertiary/aromatic N) is 3. The highest BCUT2D eigenvalue weighted by molar-refractivity contribution is 6.36. The number of allylic oxidation sites excluding steroid dienone is 2. The lowest BCUT2D eigenvalue weighted by atomic mass is 9.78. The largest absolute Gasteiger partial charge is 0.292 e. The van der Waals surface area contributed by atoms with E-state index in [1.807, 2.05) is 19.1 Å². The monoisotopic (exact) mass is 515 g/mol. The molecule has 0 unspecified atom stereocenters. The molecule has 3 atom stereocenters. The van der Waals surface area contributed by atoms with E-state index in [1.54, 1.807) is 0 Å². The molecule has 1 aliphatic heterocycles. The van der Waals surface area contributed by atoms with Crippen LogP contribution >= 0.6 is 23.2 Å². The van der Waals surface area contributed by atoms with Crippen molar-refractivity contribution in [3.63, 3.8) is 0 Å². The zero-order valence-corrected chi connectivity index (χ0v) is 19.9. The van der Waals surface area contributed by atoms with Crippen LogP contribution in [-0.4, -0.2) is 45.0 Å². The number of hydrogen-bond donors (Lipinski definition) is 0. The average molecular weight is 516 g/mol. The van der Waals surface area contributed by atoms with Crippen molar-refractivity contribution < 1.29 is 24.1 Å². The number of carbonyl (C=O) groups excluding carboxylic acids is 4. The molecule has 3 amide bonds. The van der Waals surface area contributed by atoms with Gasteiger partial charge in [-0.25, -0.2) is 5.01 Å². The fourth-order valence-electron chi connectivity index (χ4n) is 4.40. The number of carbonyl (C=O) groups is 4. The Balaban J connectivity index is 1.71. The molecule has 1 aliphatic carbocycles. The number of halogens is 2. The van der Waals surface area contributed by atoms with Gasteiger partial charge in [-0.15, -0.1) is 0 Å². The Labute approximate surface area is 210 Å². The van der Waals surface area contributed by atoms with E-state index in [2.05, 4.69) is 0 Å². The first-order chi connectivity index (χ1) is 16.6. The lowest BCUT2D eigenvalue weighted by molar-refractivity contribution is -0.384. The van der Waals surface area contributed by atoms with Crippen LogP contribution in [0.2, 0.25) is 10.0 Å². The zero-order chi connectivity index (χ0) is 25.4. The summed E-state index contributed by atoms with van der Waals surface area (Å²) in [6.45, 7) is 1.15. The standard InChI is InChI=1S/C24H19Cl2N3O6/c1-13-3-2-4-18-21(13)24(33)28(23(18)32)27(22(31)17-10-7-15(25)11-19(17)26)12-20(30)14-5-8-16(9-6-14)29(34)35/h2-3,5-11,13,18,21H,4,12H2,1H3/t13-,18+,21-/m1/s1. The van der Waals surface area contributed by atoms with E-state index in [9.17, 15) is 29.3 Å². The first-order valence-corrected chi connectivity index (χ1v) is 11.4. The number of hydrogen-bond acceptors (Lipinski definition) is 6. The van der Waals surface area contributed by atoms with Crippen molar-refractivity contribution in [2.24, 2.45) is 17.8 Å². The minimum absolute atomic E-state index is 0.0122. The number of ketones is 1. The molecule has 0 aromatic heterocycles. The first kappa shape index (κ1) is 24.6. The molecule has 1 heterocycles. The summed E-state index contributed by atoms with van der Waals surface area (Å²) in [5.41, 5.74) is -0.186. The third kappa shape index (κ3) is 4.56. The first-order valence-electron chi connectivity index (χ1n) is 10.7. The van der Waals surface area contributed by atoms with Crippen molar-refractivity contribution in [1.29, 1.82) is 0 Å². The molecule has 2 aromatic rings. The number of rotatable bonds is 6. The molecule has 180 valence electrons. The number of fused-ring (bicyclic) bond motifs is 1. The minimum Gasteiger partial charge on any atom is -0.292 e. The summed E-state index contributed by atoms with van der Waals surface area (Å²) < 4.78 is 0. The number of imide groups is 1. The SMILES string of the molecule is C[C@@H]1C=CC[C@@H]2C(=O)N(N(CC(=O)c3ccc([N+](=O)[O-])cc3)C(=O)c3ccc(Cl)cc3Cl)C(=O)[C@H]12. The quantitative estimate of drug-likeness (QED) is 0.185. The number of nitro groups is 1. The van der Waals surface area contributed by atoms with E-state index >= 15 is 0 Å². The lowest BCUT2D eigenvalue weighted by Gasteiger charge is -2.30. The van der Waals surface area contributed by atoms with Gasteiger partial charge in [0.05, 0.1) is 27.3 Å². The van der Waals surface area contributed by atoms with Crippen LogP contribution in [0.1, 0.15) is 34.1 Å². The predicted molar refractivity (Wildman–Crippen MR) is 127 cm³/mol. The molecule has 1 fully saturated rings. The summed E-state index contributed by atoms with van der Waals surface area (Å²) in [6, 6.07) is 8.92. The fraction of sp³-hybridized carbons (Fsp3) is 0.250. The van der Waals surface area contributed by atoms with E-state index in [1.165, 1.54) is 30.3 Å². The lowest BCUT2D eigenvalue weighted by Crippen LogP contribution is -2.52. The summed E-state index contributed by atoms with van der Waals surface area (Å²) in [6.07, 6.45) is 4.01. The van der Waals surface area contributed by atoms with Crippen LogP contribution in [0.15, 0.2) is 54.6 Å². The number of hydrazine groups is 1. The van der Waals surface area contributed by atoms with Crippen molar-refractivity contribution in [2.75, 3.05) is 6.54 Å². The van der Waals surface area contributed by atoms with Crippen molar-refractivity contribution >= 4 is 52.4 Å². The highest BCUT2D eigenvalue weighted by Gasteiger charge is 2.53. The van der Waals surface area contributed by atoms with Crippen LogP contribution in [0.3, 0.4) is 0 Å². The Morgan fingerprint density at radius 1 is 1.11 bits per heavy atom.